The third-order valence-electron chi connectivity index (χ3n) is 4.09. The molecule has 0 aliphatic carbocycles. The van der Waals surface area contributed by atoms with E-state index in [0.717, 1.165) is 37.2 Å². The number of hydrogen-bond donors (Lipinski definition) is 0. The van der Waals surface area contributed by atoms with Gasteiger partial charge in [0.05, 0.1) is 5.01 Å². The first kappa shape index (κ1) is 13.5. The number of fused-ring (bicyclic) bond motifs is 1. The highest BCUT2D eigenvalue weighted by Crippen LogP contribution is 2.23. The van der Waals surface area contributed by atoms with E-state index in [0.29, 0.717) is 19.5 Å². The number of thiazole rings is 1. The molecule has 2 aliphatic rings. The zero-order chi connectivity index (χ0) is 13.9. The molecule has 108 valence electrons. The molecule has 0 bridgehead atoms. The molecule has 1 aromatic rings. The van der Waals surface area contributed by atoms with Gasteiger partial charge in [-0.1, -0.05) is 0 Å². The molecule has 2 fully saturated rings. The number of carbonyl (C=O) groups is 2. The van der Waals surface area contributed by atoms with E-state index < -0.39 is 0 Å². The van der Waals surface area contributed by atoms with Crippen molar-refractivity contribution in [2.75, 3.05) is 19.6 Å². The van der Waals surface area contributed by atoms with Crippen LogP contribution in [-0.4, -0.2) is 52.3 Å². The molecule has 3 heterocycles. The van der Waals surface area contributed by atoms with E-state index in [-0.39, 0.29) is 17.9 Å². The molecule has 0 spiro atoms. The fourth-order valence-corrected chi connectivity index (χ4v) is 3.62. The van der Waals surface area contributed by atoms with E-state index in [2.05, 4.69) is 4.98 Å². The van der Waals surface area contributed by atoms with Crippen molar-refractivity contribution in [1.82, 2.24) is 14.8 Å². The van der Waals surface area contributed by atoms with Crippen LogP contribution in [0.1, 0.15) is 30.7 Å². The number of hydrogen-bond acceptors (Lipinski definition) is 4. The molecule has 3 rings (SSSR count). The van der Waals surface area contributed by atoms with E-state index in [4.69, 9.17) is 0 Å². The zero-order valence-corrected chi connectivity index (χ0v) is 12.3. The molecule has 6 heteroatoms. The topological polar surface area (TPSA) is 53.5 Å². The van der Waals surface area contributed by atoms with Crippen molar-refractivity contribution in [2.45, 2.75) is 38.1 Å². The van der Waals surface area contributed by atoms with Crippen LogP contribution in [-0.2, 0) is 16.0 Å². The lowest BCUT2D eigenvalue weighted by molar-refractivity contribution is -0.143. The van der Waals surface area contributed by atoms with Gasteiger partial charge in [0.2, 0.25) is 11.8 Å². The van der Waals surface area contributed by atoms with Gasteiger partial charge in [-0.15, -0.1) is 11.3 Å². The van der Waals surface area contributed by atoms with Gasteiger partial charge < -0.3 is 9.80 Å². The van der Waals surface area contributed by atoms with Crippen LogP contribution in [0.4, 0.5) is 0 Å². The summed E-state index contributed by atoms with van der Waals surface area (Å²) in [6.07, 6.45) is 5.91. The minimum absolute atomic E-state index is 0.132. The van der Waals surface area contributed by atoms with Gasteiger partial charge in [-0.25, -0.2) is 4.98 Å². The van der Waals surface area contributed by atoms with E-state index in [1.807, 2.05) is 10.3 Å². The average molecular weight is 293 g/mol. The summed E-state index contributed by atoms with van der Waals surface area (Å²) in [4.78, 5) is 32.6. The summed E-state index contributed by atoms with van der Waals surface area (Å²) in [5.41, 5.74) is 0. The van der Waals surface area contributed by atoms with E-state index in [9.17, 15) is 9.59 Å². The van der Waals surface area contributed by atoms with Crippen molar-refractivity contribution < 1.29 is 9.59 Å². The Hall–Kier alpha value is -1.43. The maximum atomic E-state index is 12.6. The average Bonchev–Trinajstić information content (AvgIpc) is 2.96. The first-order valence-electron chi connectivity index (χ1n) is 7.22. The van der Waals surface area contributed by atoms with Gasteiger partial charge in [-0.3, -0.25) is 9.59 Å². The molecule has 0 radical (unpaired) electrons. The Morgan fingerprint density at radius 2 is 2.20 bits per heavy atom. The Kier molecular flexibility index (Phi) is 4.00. The second-order valence-electron chi connectivity index (χ2n) is 5.35. The molecule has 1 atom stereocenters. The molecule has 0 aromatic carbocycles. The van der Waals surface area contributed by atoms with Crippen LogP contribution in [0.15, 0.2) is 11.6 Å². The number of nitrogens with zero attached hydrogens (tertiary/aromatic N) is 3. The first-order valence-corrected chi connectivity index (χ1v) is 8.10. The first-order chi connectivity index (χ1) is 9.75. The summed E-state index contributed by atoms with van der Waals surface area (Å²) in [5, 5.41) is 3.00. The SMILES string of the molecule is O=C1C2CCCCN2C(=O)CCN1CCc1nccs1. The molecule has 20 heavy (non-hydrogen) atoms. The quantitative estimate of drug-likeness (QED) is 0.844. The second-order valence-corrected chi connectivity index (χ2v) is 6.33. The summed E-state index contributed by atoms with van der Waals surface area (Å²) in [6.45, 7) is 1.97. The largest absolute Gasteiger partial charge is 0.340 e. The maximum Gasteiger partial charge on any atom is 0.245 e. The molecule has 0 N–H and O–H groups in total. The normalized spacial score (nSPS) is 23.7. The number of carbonyl (C=O) groups excluding carboxylic acids is 2. The predicted octanol–water partition coefficient (Wildman–Crippen LogP) is 1.30. The van der Waals surface area contributed by atoms with Gasteiger partial charge in [-0.05, 0) is 19.3 Å². The van der Waals surface area contributed by atoms with Crippen LogP contribution < -0.4 is 0 Å². The van der Waals surface area contributed by atoms with Crippen molar-refractivity contribution in [3.8, 4) is 0 Å². The van der Waals surface area contributed by atoms with Crippen LogP contribution in [0, 0.1) is 0 Å². The predicted molar refractivity (Wildman–Crippen MR) is 76.4 cm³/mol. The lowest BCUT2D eigenvalue weighted by Gasteiger charge is -2.34. The monoisotopic (exact) mass is 293 g/mol. The number of amides is 2. The fourth-order valence-electron chi connectivity index (χ4n) is 3.01. The van der Waals surface area contributed by atoms with Crippen molar-refractivity contribution in [2.24, 2.45) is 0 Å². The van der Waals surface area contributed by atoms with Gasteiger partial charge in [0.25, 0.3) is 0 Å². The van der Waals surface area contributed by atoms with Gasteiger partial charge in [0.1, 0.15) is 6.04 Å². The Balaban J connectivity index is 1.68. The summed E-state index contributed by atoms with van der Waals surface area (Å²) in [6, 6.07) is -0.213. The Morgan fingerprint density at radius 1 is 1.30 bits per heavy atom. The molecular formula is C14H19N3O2S. The van der Waals surface area contributed by atoms with Gasteiger partial charge in [-0.2, -0.15) is 0 Å². The molecule has 0 saturated carbocycles. The maximum absolute atomic E-state index is 12.6. The summed E-state index contributed by atoms with van der Waals surface area (Å²) < 4.78 is 0. The van der Waals surface area contributed by atoms with Crippen LogP contribution in [0.3, 0.4) is 0 Å². The second kappa shape index (κ2) is 5.91. The number of rotatable bonds is 3. The van der Waals surface area contributed by atoms with Gasteiger partial charge >= 0.3 is 0 Å². The van der Waals surface area contributed by atoms with Crippen LogP contribution >= 0.6 is 11.3 Å². The third-order valence-corrected chi connectivity index (χ3v) is 4.93. The van der Waals surface area contributed by atoms with E-state index >= 15 is 0 Å². The Labute approximate surface area is 122 Å². The van der Waals surface area contributed by atoms with Crippen LogP contribution in [0.2, 0.25) is 0 Å². The van der Waals surface area contributed by atoms with Crippen molar-refractivity contribution >= 4 is 23.2 Å². The minimum Gasteiger partial charge on any atom is -0.340 e. The summed E-state index contributed by atoms with van der Waals surface area (Å²) in [7, 11) is 0. The molecule has 2 saturated heterocycles. The number of piperidine rings is 1. The third kappa shape index (κ3) is 2.70. The highest BCUT2D eigenvalue weighted by molar-refractivity contribution is 7.09. The standard InChI is InChI=1S/C14H19N3O2S/c18-13-5-9-16(8-4-12-15-6-10-20-12)14(19)11-3-1-2-7-17(11)13/h6,10-11H,1-5,7-9H2. The smallest absolute Gasteiger partial charge is 0.245 e. The lowest BCUT2D eigenvalue weighted by Crippen LogP contribution is -2.50. The molecule has 2 amide bonds. The van der Waals surface area contributed by atoms with E-state index in [1.54, 1.807) is 22.4 Å². The van der Waals surface area contributed by atoms with Crippen LogP contribution in [0.5, 0.6) is 0 Å². The number of aromatic nitrogens is 1. The summed E-state index contributed by atoms with van der Waals surface area (Å²) in [5.74, 6) is 0.270. The molecule has 1 aromatic heterocycles. The minimum atomic E-state index is -0.213. The fraction of sp³-hybridized carbons (Fsp3) is 0.643. The molecular weight excluding hydrogens is 274 g/mol. The van der Waals surface area contributed by atoms with Crippen molar-refractivity contribution in [3.05, 3.63) is 16.6 Å². The highest BCUT2D eigenvalue weighted by Gasteiger charge is 2.37. The summed E-state index contributed by atoms with van der Waals surface area (Å²) >= 11 is 1.61. The molecule has 2 aliphatic heterocycles. The Morgan fingerprint density at radius 3 is 3.00 bits per heavy atom. The Bertz CT molecular complexity index is 489. The van der Waals surface area contributed by atoms with Crippen molar-refractivity contribution in [3.63, 3.8) is 0 Å². The molecule has 1 unspecified atom stereocenters. The van der Waals surface area contributed by atoms with Crippen molar-refractivity contribution in [1.29, 1.82) is 0 Å². The zero-order valence-electron chi connectivity index (χ0n) is 11.5. The van der Waals surface area contributed by atoms with Gasteiger partial charge in [0.15, 0.2) is 0 Å². The lowest BCUT2D eigenvalue weighted by atomic mass is 10.0. The van der Waals surface area contributed by atoms with E-state index in [1.165, 1.54) is 0 Å². The molecule has 5 nitrogen and oxygen atoms in total. The van der Waals surface area contributed by atoms with Gasteiger partial charge in [0, 0.05) is 44.1 Å². The van der Waals surface area contributed by atoms with Crippen LogP contribution in [0.25, 0.3) is 0 Å². The highest BCUT2D eigenvalue weighted by atomic mass is 32.1.